The minimum absolute atomic E-state index is 0.103. The van der Waals surface area contributed by atoms with Gasteiger partial charge in [-0.15, -0.1) is 0 Å². The van der Waals surface area contributed by atoms with E-state index in [0.717, 1.165) is 16.7 Å². The van der Waals surface area contributed by atoms with Gasteiger partial charge in [0.15, 0.2) is 18.1 Å². The van der Waals surface area contributed by atoms with Gasteiger partial charge in [0.05, 0.1) is 13.7 Å². The molecule has 0 saturated heterocycles. The number of benzene rings is 2. The fourth-order valence-electron chi connectivity index (χ4n) is 2.65. The molecule has 1 aromatic heterocycles. The zero-order valence-electron chi connectivity index (χ0n) is 16.5. The van der Waals surface area contributed by atoms with Crippen LogP contribution in [-0.2, 0) is 16.1 Å². The first-order valence-corrected chi connectivity index (χ1v) is 9.15. The molecule has 0 fully saturated rings. The Morgan fingerprint density at radius 1 is 1.17 bits per heavy atom. The number of esters is 1. The van der Waals surface area contributed by atoms with Crippen molar-refractivity contribution in [3.63, 3.8) is 0 Å². The summed E-state index contributed by atoms with van der Waals surface area (Å²) in [7, 11) is 1.56. The fraction of sp³-hybridized carbons (Fsp3) is 0.227. The van der Waals surface area contributed by atoms with Gasteiger partial charge in [-0.05, 0) is 43.2 Å². The molecule has 3 rings (SSSR count). The molecule has 1 heterocycles. The largest absolute Gasteiger partial charge is 0.493 e. The van der Waals surface area contributed by atoms with Gasteiger partial charge >= 0.3 is 5.97 Å². The molecular weight excluding hydrogens is 372 g/mol. The number of methoxy groups -OCH3 is 1. The standard InChI is InChI=1S/C22H22N2O5/c1-4-27-18-11-9-16(13-19(18)26-3)10-12-21(25)28-14-20-23-22(24-29-20)17-8-6-5-7-15(17)2/h5-13H,4,14H2,1-3H3/b12-10+. The highest BCUT2D eigenvalue weighted by Gasteiger charge is 2.11. The van der Waals surface area contributed by atoms with Crippen LogP contribution in [0.1, 0.15) is 23.9 Å². The minimum atomic E-state index is -0.520. The first kappa shape index (κ1) is 20.1. The molecule has 29 heavy (non-hydrogen) atoms. The van der Waals surface area contributed by atoms with Crippen molar-refractivity contribution in [1.82, 2.24) is 10.1 Å². The summed E-state index contributed by atoms with van der Waals surface area (Å²) in [5.41, 5.74) is 2.69. The van der Waals surface area contributed by atoms with E-state index in [1.165, 1.54) is 6.08 Å². The maximum absolute atomic E-state index is 12.0. The lowest BCUT2D eigenvalue weighted by Crippen LogP contribution is -2.01. The van der Waals surface area contributed by atoms with Gasteiger partial charge < -0.3 is 18.7 Å². The summed E-state index contributed by atoms with van der Waals surface area (Å²) in [4.78, 5) is 16.3. The summed E-state index contributed by atoms with van der Waals surface area (Å²) in [5, 5.41) is 3.94. The summed E-state index contributed by atoms with van der Waals surface area (Å²) in [5.74, 6) is 1.42. The molecule has 0 N–H and O–H groups in total. The molecule has 0 aliphatic carbocycles. The Bertz CT molecular complexity index is 1010. The number of aromatic nitrogens is 2. The number of hydrogen-bond acceptors (Lipinski definition) is 7. The van der Waals surface area contributed by atoms with Gasteiger partial charge in [0.25, 0.3) is 5.89 Å². The number of nitrogens with zero attached hydrogens (tertiary/aromatic N) is 2. The van der Waals surface area contributed by atoms with E-state index in [-0.39, 0.29) is 12.5 Å². The Labute approximate surface area is 168 Å². The molecule has 7 nitrogen and oxygen atoms in total. The Kier molecular flexibility index (Phi) is 6.63. The highest BCUT2D eigenvalue weighted by Crippen LogP contribution is 2.28. The second-order valence-electron chi connectivity index (χ2n) is 6.11. The van der Waals surface area contributed by atoms with Gasteiger partial charge in [-0.1, -0.05) is 35.5 Å². The van der Waals surface area contributed by atoms with E-state index in [1.54, 1.807) is 25.3 Å². The molecule has 0 saturated carbocycles. The van der Waals surface area contributed by atoms with Gasteiger partial charge in [0, 0.05) is 11.6 Å². The molecule has 0 aliphatic heterocycles. The highest BCUT2D eigenvalue weighted by molar-refractivity contribution is 5.87. The zero-order valence-corrected chi connectivity index (χ0v) is 16.5. The SMILES string of the molecule is CCOc1ccc(/C=C/C(=O)OCc2nc(-c3ccccc3C)no2)cc1OC. The lowest BCUT2D eigenvalue weighted by atomic mass is 10.1. The third kappa shape index (κ3) is 5.22. The monoisotopic (exact) mass is 394 g/mol. The van der Waals surface area contributed by atoms with Crippen molar-refractivity contribution in [3.8, 4) is 22.9 Å². The van der Waals surface area contributed by atoms with E-state index in [0.29, 0.717) is 23.9 Å². The Balaban J connectivity index is 1.58. The number of aryl methyl sites for hydroxylation is 1. The van der Waals surface area contributed by atoms with Crippen LogP contribution in [0.25, 0.3) is 17.5 Å². The molecule has 2 aromatic carbocycles. The van der Waals surface area contributed by atoms with Crippen LogP contribution >= 0.6 is 0 Å². The van der Waals surface area contributed by atoms with Crippen LogP contribution in [0.15, 0.2) is 53.1 Å². The van der Waals surface area contributed by atoms with Crippen LogP contribution in [0.3, 0.4) is 0 Å². The minimum Gasteiger partial charge on any atom is -0.493 e. The van der Waals surface area contributed by atoms with Crippen LogP contribution in [0, 0.1) is 6.92 Å². The molecule has 0 atom stereocenters. The predicted octanol–water partition coefficient (Wildman–Crippen LogP) is 4.21. The third-order valence-corrected chi connectivity index (χ3v) is 4.09. The topological polar surface area (TPSA) is 83.7 Å². The second-order valence-corrected chi connectivity index (χ2v) is 6.11. The van der Waals surface area contributed by atoms with E-state index >= 15 is 0 Å². The Morgan fingerprint density at radius 3 is 2.76 bits per heavy atom. The van der Waals surface area contributed by atoms with Crippen molar-refractivity contribution >= 4 is 12.0 Å². The fourth-order valence-corrected chi connectivity index (χ4v) is 2.65. The quantitative estimate of drug-likeness (QED) is 0.418. The van der Waals surface area contributed by atoms with Crippen molar-refractivity contribution in [2.75, 3.05) is 13.7 Å². The predicted molar refractivity (Wildman–Crippen MR) is 107 cm³/mol. The molecule has 0 amide bonds. The Morgan fingerprint density at radius 2 is 2.00 bits per heavy atom. The average molecular weight is 394 g/mol. The summed E-state index contributed by atoms with van der Waals surface area (Å²) in [6.07, 6.45) is 2.96. The number of hydrogen-bond donors (Lipinski definition) is 0. The molecule has 0 unspecified atom stereocenters. The van der Waals surface area contributed by atoms with Crippen LogP contribution in [0.2, 0.25) is 0 Å². The lowest BCUT2D eigenvalue weighted by molar-refractivity contribution is -0.139. The first-order chi connectivity index (χ1) is 14.1. The van der Waals surface area contributed by atoms with E-state index in [1.807, 2.05) is 44.2 Å². The van der Waals surface area contributed by atoms with Gasteiger partial charge in [-0.25, -0.2) is 4.79 Å². The average Bonchev–Trinajstić information content (AvgIpc) is 3.20. The molecule has 0 aliphatic rings. The number of carbonyl (C=O) groups is 1. The molecule has 0 bridgehead atoms. The maximum atomic E-state index is 12.0. The first-order valence-electron chi connectivity index (χ1n) is 9.15. The summed E-state index contributed by atoms with van der Waals surface area (Å²) in [6, 6.07) is 13.1. The summed E-state index contributed by atoms with van der Waals surface area (Å²) < 4.78 is 21.1. The van der Waals surface area contributed by atoms with Crippen LogP contribution < -0.4 is 9.47 Å². The number of carbonyl (C=O) groups excluding carboxylic acids is 1. The van der Waals surface area contributed by atoms with E-state index in [4.69, 9.17) is 18.7 Å². The number of rotatable bonds is 8. The van der Waals surface area contributed by atoms with Gasteiger partial charge in [-0.3, -0.25) is 0 Å². The van der Waals surface area contributed by atoms with Gasteiger partial charge in [0.1, 0.15) is 0 Å². The normalized spacial score (nSPS) is 10.9. The van der Waals surface area contributed by atoms with Crippen LogP contribution in [0.4, 0.5) is 0 Å². The van der Waals surface area contributed by atoms with Gasteiger partial charge in [0.2, 0.25) is 5.82 Å². The van der Waals surface area contributed by atoms with Crippen molar-refractivity contribution in [2.45, 2.75) is 20.5 Å². The molecule has 0 radical (unpaired) electrons. The maximum Gasteiger partial charge on any atom is 0.331 e. The van der Waals surface area contributed by atoms with Crippen LogP contribution in [-0.4, -0.2) is 29.8 Å². The van der Waals surface area contributed by atoms with Crippen LogP contribution in [0.5, 0.6) is 11.5 Å². The third-order valence-electron chi connectivity index (χ3n) is 4.09. The highest BCUT2D eigenvalue weighted by atomic mass is 16.6. The van der Waals surface area contributed by atoms with Crippen molar-refractivity contribution in [2.24, 2.45) is 0 Å². The smallest absolute Gasteiger partial charge is 0.331 e. The van der Waals surface area contributed by atoms with Crippen molar-refractivity contribution in [3.05, 3.63) is 65.6 Å². The van der Waals surface area contributed by atoms with Crippen molar-refractivity contribution < 1.29 is 23.5 Å². The zero-order chi connectivity index (χ0) is 20.6. The van der Waals surface area contributed by atoms with E-state index in [2.05, 4.69) is 10.1 Å². The second kappa shape index (κ2) is 9.54. The van der Waals surface area contributed by atoms with E-state index < -0.39 is 5.97 Å². The van der Waals surface area contributed by atoms with Gasteiger partial charge in [-0.2, -0.15) is 4.98 Å². The Hall–Kier alpha value is -3.61. The molecule has 3 aromatic rings. The lowest BCUT2D eigenvalue weighted by Gasteiger charge is -2.09. The molecule has 7 heteroatoms. The van der Waals surface area contributed by atoms with E-state index in [9.17, 15) is 4.79 Å². The molecule has 150 valence electrons. The van der Waals surface area contributed by atoms with Crippen molar-refractivity contribution in [1.29, 1.82) is 0 Å². The summed E-state index contributed by atoms with van der Waals surface area (Å²) >= 11 is 0. The number of ether oxygens (including phenoxy) is 3. The summed E-state index contributed by atoms with van der Waals surface area (Å²) in [6.45, 7) is 4.30. The molecular formula is C22H22N2O5. The molecule has 0 spiro atoms.